The van der Waals surface area contributed by atoms with E-state index in [1.165, 1.54) is 29.3 Å². The Morgan fingerprint density at radius 2 is 1.85 bits per heavy atom. The van der Waals surface area contributed by atoms with Crippen LogP contribution in [0.25, 0.3) is 10.9 Å². The second-order valence-electron chi connectivity index (χ2n) is 8.00. The molecule has 2 saturated heterocycles. The Balaban J connectivity index is 1.35. The summed E-state index contributed by atoms with van der Waals surface area (Å²) in [7, 11) is 1.72. The van der Waals surface area contributed by atoms with Crippen LogP contribution in [0.5, 0.6) is 5.75 Å². The molecule has 5 nitrogen and oxygen atoms in total. The number of H-pyrrole nitrogens is 1. The minimum atomic E-state index is 0.326. The van der Waals surface area contributed by atoms with Crippen LogP contribution in [0.15, 0.2) is 24.4 Å². The minimum Gasteiger partial charge on any atom is -0.497 e. The lowest BCUT2D eigenvalue weighted by molar-refractivity contribution is -0.132. The number of nitrogens with one attached hydrogen (secondary N) is 1. The van der Waals surface area contributed by atoms with Gasteiger partial charge in [-0.2, -0.15) is 0 Å². The molecule has 1 amide bonds. The van der Waals surface area contributed by atoms with Crippen molar-refractivity contribution >= 4 is 16.8 Å². The van der Waals surface area contributed by atoms with E-state index in [2.05, 4.69) is 33.1 Å². The summed E-state index contributed by atoms with van der Waals surface area (Å²) >= 11 is 0. The van der Waals surface area contributed by atoms with Gasteiger partial charge in [0.15, 0.2) is 0 Å². The summed E-state index contributed by atoms with van der Waals surface area (Å²) < 4.78 is 5.40. The zero-order valence-corrected chi connectivity index (χ0v) is 16.4. The number of piperidine rings is 1. The maximum Gasteiger partial charge on any atom is 0.236 e. The van der Waals surface area contributed by atoms with Gasteiger partial charge in [-0.25, -0.2) is 0 Å². The number of likely N-dealkylation sites (tertiary alicyclic amines) is 2. The molecule has 2 aliphatic rings. The largest absolute Gasteiger partial charge is 0.497 e. The van der Waals surface area contributed by atoms with E-state index in [-0.39, 0.29) is 0 Å². The number of aromatic amines is 1. The topological polar surface area (TPSA) is 48.6 Å². The molecule has 4 rings (SSSR count). The molecule has 2 aliphatic heterocycles. The molecule has 0 atom stereocenters. The number of hydrogen-bond acceptors (Lipinski definition) is 3. The average molecular weight is 370 g/mol. The molecule has 0 aliphatic carbocycles. The van der Waals surface area contributed by atoms with Gasteiger partial charge in [-0.05, 0) is 68.5 Å². The summed E-state index contributed by atoms with van der Waals surface area (Å²) in [6, 6.07) is 6.22. The molecule has 1 N–H and O–H groups in total. The first-order chi connectivity index (χ1) is 13.2. The van der Waals surface area contributed by atoms with E-state index in [9.17, 15) is 4.79 Å². The third kappa shape index (κ3) is 4.13. The van der Waals surface area contributed by atoms with E-state index in [0.717, 1.165) is 57.6 Å². The molecule has 1 aromatic heterocycles. The van der Waals surface area contributed by atoms with Gasteiger partial charge in [0.2, 0.25) is 5.91 Å². The second kappa shape index (κ2) is 8.34. The summed E-state index contributed by atoms with van der Waals surface area (Å²) in [5, 5.41) is 1.27. The van der Waals surface area contributed by atoms with Crippen LogP contribution >= 0.6 is 0 Å². The Hall–Kier alpha value is -2.01. The SMILES string of the molecule is COc1ccc2[nH]cc(C3CCN(CC(=O)N4CCCCCC4)CC3)c2c1. The molecule has 0 bridgehead atoms. The fraction of sp³-hybridized carbons (Fsp3) is 0.591. The summed E-state index contributed by atoms with van der Waals surface area (Å²) in [6.07, 6.45) is 9.24. The standard InChI is InChI=1S/C22H31N3O2/c1-27-18-6-7-21-19(14-18)20(15-23-21)17-8-12-24(13-9-17)16-22(26)25-10-4-2-3-5-11-25/h6-7,14-15,17,23H,2-5,8-13,16H2,1H3. The maximum atomic E-state index is 12.6. The second-order valence-corrected chi connectivity index (χ2v) is 8.00. The zero-order chi connectivity index (χ0) is 18.6. The molecule has 2 aromatic rings. The molecular weight excluding hydrogens is 338 g/mol. The number of methoxy groups -OCH3 is 1. The van der Waals surface area contributed by atoms with Crippen LogP contribution in [0, 0.1) is 0 Å². The quantitative estimate of drug-likeness (QED) is 0.893. The summed E-state index contributed by atoms with van der Waals surface area (Å²) in [5.41, 5.74) is 2.56. The van der Waals surface area contributed by atoms with Crippen molar-refractivity contribution in [2.24, 2.45) is 0 Å². The summed E-state index contributed by atoms with van der Waals surface area (Å²) in [5.74, 6) is 1.78. The van der Waals surface area contributed by atoms with Gasteiger partial charge in [0.25, 0.3) is 0 Å². The molecular formula is C22H31N3O2. The Labute approximate surface area is 161 Å². The van der Waals surface area contributed by atoms with Gasteiger partial charge < -0.3 is 14.6 Å². The lowest BCUT2D eigenvalue weighted by Crippen LogP contribution is -2.43. The predicted octanol–water partition coefficient (Wildman–Crippen LogP) is 3.76. The van der Waals surface area contributed by atoms with E-state index in [1.54, 1.807) is 7.11 Å². The molecule has 27 heavy (non-hydrogen) atoms. The van der Waals surface area contributed by atoms with E-state index in [0.29, 0.717) is 18.4 Å². The van der Waals surface area contributed by atoms with Crippen LogP contribution in [0.2, 0.25) is 0 Å². The fourth-order valence-corrected chi connectivity index (χ4v) is 4.60. The van der Waals surface area contributed by atoms with Crippen molar-refractivity contribution in [3.8, 4) is 5.75 Å². The van der Waals surface area contributed by atoms with Crippen molar-refractivity contribution in [2.45, 2.75) is 44.4 Å². The van der Waals surface area contributed by atoms with Crippen molar-refractivity contribution in [2.75, 3.05) is 39.8 Å². The number of nitrogens with zero attached hydrogens (tertiary/aromatic N) is 2. The van der Waals surface area contributed by atoms with Gasteiger partial charge in [-0.1, -0.05) is 12.8 Å². The molecule has 5 heteroatoms. The van der Waals surface area contributed by atoms with E-state index in [4.69, 9.17) is 4.74 Å². The Morgan fingerprint density at radius 3 is 2.56 bits per heavy atom. The van der Waals surface area contributed by atoms with Gasteiger partial charge >= 0.3 is 0 Å². The first-order valence-electron chi connectivity index (χ1n) is 10.4. The lowest BCUT2D eigenvalue weighted by Gasteiger charge is -2.33. The van der Waals surface area contributed by atoms with Gasteiger partial charge in [0.05, 0.1) is 13.7 Å². The highest BCUT2D eigenvalue weighted by Gasteiger charge is 2.25. The molecule has 2 fully saturated rings. The number of aromatic nitrogens is 1. The smallest absolute Gasteiger partial charge is 0.236 e. The van der Waals surface area contributed by atoms with Crippen molar-refractivity contribution in [1.82, 2.24) is 14.8 Å². The highest BCUT2D eigenvalue weighted by Crippen LogP contribution is 2.34. The maximum absolute atomic E-state index is 12.6. The fourth-order valence-electron chi connectivity index (χ4n) is 4.60. The number of rotatable bonds is 4. The number of carbonyl (C=O) groups excluding carboxylic acids is 1. The predicted molar refractivity (Wildman–Crippen MR) is 108 cm³/mol. The van der Waals surface area contributed by atoms with Crippen molar-refractivity contribution in [1.29, 1.82) is 0 Å². The van der Waals surface area contributed by atoms with Crippen LogP contribution in [0.1, 0.15) is 50.0 Å². The van der Waals surface area contributed by atoms with E-state index >= 15 is 0 Å². The Bertz CT molecular complexity index is 769. The number of ether oxygens (including phenoxy) is 1. The van der Waals surface area contributed by atoms with Crippen LogP contribution in [0.3, 0.4) is 0 Å². The van der Waals surface area contributed by atoms with E-state index < -0.39 is 0 Å². The molecule has 0 radical (unpaired) electrons. The number of carbonyl (C=O) groups is 1. The number of fused-ring (bicyclic) bond motifs is 1. The monoisotopic (exact) mass is 369 g/mol. The molecule has 3 heterocycles. The minimum absolute atomic E-state index is 0.326. The Kier molecular flexibility index (Phi) is 5.67. The third-order valence-electron chi connectivity index (χ3n) is 6.27. The van der Waals surface area contributed by atoms with Crippen LogP contribution < -0.4 is 4.74 Å². The van der Waals surface area contributed by atoms with Crippen LogP contribution in [-0.4, -0.2) is 60.5 Å². The highest BCUT2D eigenvalue weighted by molar-refractivity contribution is 5.85. The summed E-state index contributed by atoms with van der Waals surface area (Å²) in [4.78, 5) is 20.5. The lowest BCUT2D eigenvalue weighted by atomic mass is 9.89. The van der Waals surface area contributed by atoms with Gasteiger partial charge in [-0.15, -0.1) is 0 Å². The first-order valence-corrected chi connectivity index (χ1v) is 10.4. The highest BCUT2D eigenvalue weighted by atomic mass is 16.5. The number of amides is 1. The van der Waals surface area contributed by atoms with E-state index in [1.807, 2.05) is 6.07 Å². The van der Waals surface area contributed by atoms with Crippen LogP contribution in [-0.2, 0) is 4.79 Å². The third-order valence-corrected chi connectivity index (χ3v) is 6.27. The average Bonchev–Trinajstić information content (AvgIpc) is 2.92. The molecule has 146 valence electrons. The molecule has 0 unspecified atom stereocenters. The van der Waals surface area contributed by atoms with Crippen molar-refractivity contribution in [3.05, 3.63) is 30.0 Å². The normalized spacial score (nSPS) is 20.0. The number of benzene rings is 1. The summed E-state index contributed by atoms with van der Waals surface area (Å²) in [6.45, 7) is 4.50. The van der Waals surface area contributed by atoms with Crippen molar-refractivity contribution in [3.63, 3.8) is 0 Å². The molecule has 1 aromatic carbocycles. The van der Waals surface area contributed by atoms with Gasteiger partial charge in [-0.3, -0.25) is 9.69 Å². The Morgan fingerprint density at radius 1 is 1.11 bits per heavy atom. The van der Waals surface area contributed by atoms with Crippen molar-refractivity contribution < 1.29 is 9.53 Å². The van der Waals surface area contributed by atoms with Gasteiger partial charge in [0, 0.05) is 30.2 Å². The molecule has 0 saturated carbocycles. The first kappa shape index (κ1) is 18.4. The number of hydrogen-bond donors (Lipinski definition) is 1. The van der Waals surface area contributed by atoms with Gasteiger partial charge in [0.1, 0.15) is 5.75 Å². The zero-order valence-electron chi connectivity index (χ0n) is 16.4. The van der Waals surface area contributed by atoms with Crippen LogP contribution in [0.4, 0.5) is 0 Å². The molecule has 0 spiro atoms.